The monoisotopic (exact) mass is 229 g/mol. The third-order valence-corrected chi connectivity index (χ3v) is 1.63. The van der Waals surface area contributed by atoms with Gasteiger partial charge < -0.3 is 4.74 Å². The molecule has 1 aromatic carbocycles. The standard InChI is InChI=1S/C10H6F3NO2/c11-10(12,13)6-16-9(15)8-4-2-1-3-7(8)5-14/h1-4H,6H2. The minimum absolute atomic E-state index is 0.0188. The van der Waals surface area contributed by atoms with Gasteiger partial charge in [-0.15, -0.1) is 0 Å². The fraction of sp³-hybridized carbons (Fsp3) is 0.200. The molecule has 0 aliphatic heterocycles. The summed E-state index contributed by atoms with van der Waals surface area (Å²) in [6.45, 7) is -1.66. The van der Waals surface area contributed by atoms with Gasteiger partial charge in [0.05, 0.1) is 11.1 Å². The van der Waals surface area contributed by atoms with Gasteiger partial charge in [-0.3, -0.25) is 0 Å². The highest BCUT2D eigenvalue weighted by Crippen LogP contribution is 2.16. The first-order valence-corrected chi connectivity index (χ1v) is 4.17. The van der Waals surface area contributed by atoms with Crippen molar-refractivity contribution in [2.45, 2.75) is 6.18 Å². The predicted octanol–water partition coefficient (Wildman–Crippen LogP) is 2.28. The van der Waals surface area contributed by atoms with Crippen LogP contribution in [0.5, 0.6) is 0 Å². The van der Waals surface area contributed by atoms with Crippen molar-refractivity contribution in [2.24, 2.45) is 0 Å². The van der Waals surface area contributed by atoms with Crippen LogP contribution >= 0.6 is 0 Å². The molecule has 0 atom stereocenters. The Bertz CT molecular complexity index is 434. The van der Waals surface area contributed by atoms with Crippen molar-refractivity contribution in [3.63, 3.8) is 0 Å². The van der Waals surface area contributed by atoms with Gasteiger partial charge in [-0.1, -0.05) is 12.1 Å². The van der Waals surface area contributed by atoms with Crippen LogP contribution in [0.4, 0.5) is 13.2 Å². The summed E-state index contributed by atoms with van der Waals surface area (Å²) in [6.07, 6.45) is -4.57. The van der Waals surface area contributed by atoms with Gasteiger partial charge in [0.2, 0.25) is 0 Å². The van der Waals surface area contributed by atoms with Crippen molar-refractivity contribution in [1.82, 2.24) is 0 Å². The molecule has 6 heteroatoms. The molecular weight excluding hydrogens is 223 g/mol. The van der Waals surface area contributed by atoms with Crippen LogP contribution in [0.1, 0.15) is 15.9 Å². The number of ether oxygens (including phenoxy) is 1. The Balaban J connectivity index is 2.78. The summed E-state index contributed by atoms with van der Waals surface area (Å²) in [5.74, 6) is -1.16. The molecule has 0 radical (unpaired) electrons. The molecule has 0 unspecified atom stereocenters. The Morgan fingerprint density at radius 1 is 1.38 bits per heavy atom. The molecule has 0 heterocycles. The van der Waals surface area contributed by atoms with Gasteiger partial charge in [-0.2, -0.15) is 18.4 Å². The molecule has 84 valence electrons. The maximum absolute atomic E-state index is 11.8. The number of carbonyl (C=O) groups is 1. The molecular formula is C10H6F3NO2. The second kappa shape index (κ2) is 4.66. The highest BCUT2D eigenvalue weighted by atomic mass is 19.4. The first-order chi connectivity index (χ1) is 7.44. The van der Waals surface area contributed by atoms with Gasteiger partial charge in [-0.25, -0.2) is 4.79 Å². The van der Waals surface area contributed by atoms with E-state index in [1.54, 1.807) is 6.07 Å². The summed E-state index contributed by atoms with van der Waals surface area (Å²) in [7, 11) is 0. The average molecular weight is 229 g/mol. The quantitative estimate of drug-likeness (QED) is 0.731. The highest BCUT2D eigenvalue weighted by Gasteiger charge is 2.30. The molecule has 0 aliphatic rings. The summed E-state index contributed by atoms with van der Waals surface area (Å²) in [5.41, 5.74) is -0.191. The van der Waals surface area contributed by atoms with E-state index in [1.807, 2.05) is 0 Å². The zero-order valence-electron chi connectivity index (χ0n) is 7.91. The molecule has 0 aliphatic carbocycles. The van der Waals surface area contributed by atoms with Gasteiger partial charge in [0.25, 0.3) is 0 Å². The maximum atomic E-state index is 11.8. The number of carbonyl (C=O) groups excluding carboxylic acids is 1. The number of nitriles is 1. The van der Waals surface area contributed by atoms with Crippen LogP contribution in [0.3, 0.4) is 0 Å². The SMILES string of the molecule is N#Cc1ccccc1C(=O)OCC(F)(F)F. The molecule has 0 spiro atoms. The summed E-state index contributed by atoms with van der Waals surface area (Å²) in [4.78, 5) is 11.2. The minimum Gasteiger partial charge on any atom is -0.452 e. The molecule has 1 aromatic rings. The van der Waals surface area contributed by atoms with Gasteiger partial charge in [0, 0.05) is 0 Å². The number of benzene rings is 1. The highest BCUT2D eigenvalue weighted by molar-refractivity contribution is 5.92. The minimum atomic E-state index is -4.57. The fourth-order valence-corrected chi connectivity index (χ4v) is 0.984. The van der Waals surface area contributed by atoms with E-state index in [0.29, 0.717) is 0 Å². The van der Waals surface area contributed by atoms with Crippen molar-refractivity contribution in [3.8, 4) is 6.07 Å². The number of rotatable bonds is 2. The molecule has 0 bridgehead atoms. The van der Waals surface area contributed by atoms with Gasteiger partial charge in [-0.05, 0) is 12.1 Å². The van der Waals surface area contributed by atoms with Crippen molar-refractivity contribution >= 4 is 5.97 Å². The number of hydrogen-bond donors (Lipinski definition) is 0. The maximum Gasteiger partial charge on any atom is 0.422 e. The van der Waals surface area contributed by atoms with E-state index in [9.17, 15) is 18.0 Å². The van der Waals surface area contributed by atoms with E-state index in [1.165, 1.54) is 24.3 Å². The molecule has 0 saturated heterocycles. The summed E-state index contributed by atoms with van der Waals surface area (Å²) < 4.78 is 39.3. The topological polar surface area (TPSA) is 50.1 Å². The van der Waals surface area contributed by atoms with Crippen molar-refractivity contribution in [1.29, 1.82) is 5.26 Å². The fourth-order valence-electron chi connectivity index (χ4n) is 0.984. The zero-order chi connectivity index (χ0) is 12.2. The Kier molecular flexibility index (Phi) is 3.51. The van der Waals surface area contributed by atoms with E-state index in [4.69, 9.17) is 5.26 Å². The third kappa shape index (κ3) is 3.28. The predicted molar refractivity (Wildman–Crippen MR) is 47.5 cm³/mol. The Morgan fingerprint density at radius 3 is 2.56 bits per heavy atom. The van der Waals surface area contributed by atoms with Crippen molar-refractivity contribution in [3.05, 3.63) is 35.4 Å². The van der Waals surface area contributed by atoms with Crippen LogP contribution in [-0.4, -0.2) is 18.8 Å². The lowest BCUT2D eigenvalue weighted by Crippen LogP contribution is -2.20. The summed E-state index contributed by atoms with van der Waals surface area (Å²) in [6, 6.07) is 7.18. The molecule has 0 aromatic heterocycles. The first kappa shape index (κ1) is 12.0. The first-order valence-electron chi connectivity index (χ1n) is 4.17. The summed E-state index contributed by atoms with van der Waals surface area (Å²) in [5, 5.41) is 8.62. The molecule has 16 heavy (non-hydrogen) atoms. The average Bonchev–Trinajstić information content (AvgIpc) is 2.25. The third-order valence-electron chi connectivity index (χ3n) is 1.63. The normalized spacial score (nSPS) is 10.6. The lowest BCUT2D eigenvalue weighted by Gasteiger charge is -2.08. The second-order valence-electron chi connectivity index (χ2n) is 2.85. The number of alkyl halides is 3. The molecule has 0 fully saturated rings. The second-order valence-corrected chi connectivity index (χ2v) is 2.85. The van der Waals surface area contributed by atoms with Gasteiger partial charge in [0.1, 0.15) is 6.07 Å². The molecule has 0 N–H and O–H groups in total. The van der Waals surface area contributed by atoms with Gasteiger partial charge >= 0.3 is 12.1 Å². The molecule has 0 saturated carbocycles. The van der Waals surface area contributed by atoms with Crippen LogP contribution in [0.2, 0.25) is 0 Å². The Labute approximate surface area is 89.1 Å². The Morgan fingerprint density at radius 2 is 2.00 bits per heavy atom. The molecule has 0 amide bonds. The van der Waals surface area contributed by atoms with Crippen LogP contribution in [0.15, 0.2) is 24.3 Å². The number of nitrogens with zero attached hydrogens (tertiary/aromatic N) is 1. The van der Waals surface area contributed by atoms with Crippen LogP contribution < -0.4 is 0 Å². The van der Waals surface area contributed by atoms with E-state index in [-0.39, 0.29) is 11.1 Å². The van der Waals surface area contributed by atoms with Crippen molar-refractivity contribution < 1.29 is 22.7 Å². The van der Waals surface area contributed by atoms with E-state index in [2.05, 4.69) is 4.74 Å². The number of halogens is 3. The largest absolute Gasteiger partial charge is 0.452 e. The van der Waals surface area contributed by atoms with Crippen molar-refractivity contribution in [2.75, 3.05) is 6.61 Å². The zero-order valence-corrected chi connectivity index (χ0v) is 7.91. The molecule has 3 nitrogen and oxygen atoms in total. The number of esters is 1. The van der Waals surface area contributed by atoms with Crippen LogP contribution in [-0.2, 0) is 4.74 Å². The molecule has 1 rings (SSSR count). The van der Waals surface area contributed by atoms with Gasteiger partial charge in [0.15, 0.2) is 6.61 Å². The lowest BCUT2D eigenvalue weighted by atomic mass is 10.1. The van der Waals surface area contributed by atoms with E-state index in [0.717, 1.165) is 0 Å². The Hall–Kier alpha value is -2.03. The smallest absolute Gasteiger partial charge is 0.422 e. The summed E-state index contributed by atoms with van der Waals surface area (Å²) >= 11 is 0. The van der Waals surface area contributed by atoms with E-state index < -0.39 is 18.8 Å². The van der Waals surface area contributed by atoms with E-state index >= 15 is 0 Å². The number of hydrogen-bond acceptors (Lipinski definition) is 3. The van der Waals surface area contributed by atoms with Crippen LogP contribution in [0, 0.1) is 11.3 Å². The lowest BCUT2D eigenvalue weighted by molar-refractivity contribution is -0.161. The van der Waals surface area contributed by atoms with Crippen LogP contribution in [0.25, 0.3) is 0 Å².